The van der Waals surface area contributed by atoms with Crippen LogP contribution in [0.25, 0.3) is 6.08 Å². The first-order valence-corrected chi connectivity index (χ1v) is 7.34. The summed E-state index contributed by atoms with van der Waals surface area (Å²) in [4.78, 5) is 12.1. The van der Waals surface area contributed by atoms with E-state index in [2.05, 4.69) is 4.74 Å². The Kier molecular flexibility index (Phi) is 4.09. The quantitative estimate of drug-likeness (QED) is 0.487. The Morgan fingerprint density at radius 3 is 2.45 bits per heavy atom. The van der Waals surface area contributed by atoms with Crippen molar-refractivity contribution < 1.29 is 18.8 Å². The molecule has 0 saturated carbocycles. The molecule has 108 valence electrons. The van der Waals surface area contributed by atoms with Gasteiger partial charge in [-0.2, -0.15) is 0 Å². The summed E-state index contributed by atoms with van der Waals surface area (Å²) in [5, 5.41) is 1.96. The number of hydrogen-bond acceptors (Lipinski definition) is 5. The monoisotopic (exact) mass is 294 g/mol. The van der Waals surface area contributed by atoms with Crippen molar-refractivity contribution in [1.82, 2.24) is 0 Å². The van der Waals surface area contributed by atoms with Gasteiger partial charge in [-0.25, -0.2) is 4.79 Å². The van der Waals surface area contributed by atoms with Gasteiger partial charge in [-0.15, -0.1) is 11.3 Å². The summed E-state index contributed by atoms with van der Waals surface area (Å²) in [6.07, 6.45) is 3.14. The van der Waals surface area contributed by atoms with Crippen molar-refractivity contribution in [3.63, 3.8) is 0 Å². The SMILES string of the molecule is COC(=O)/C=C/c1sccc1B1OC(C)(C)C(C)(C)O1. The van der Waals surface area contributed by atoms with E-state index in [0.717, 1.165) is 10.3 Å². The Hall–Kier alpha value is -1.11. The third-order valence-corrected chi connectivity index (χ3v) is 4.70. The van der Waals surface area contributed by atoms with Crippen LogP contribution in [-0.4, -0.2) is 31.4 Å². The fraction of sp³-hybridized carbons (Fsp3) is 0.500. The Morgan fingerprint density at radius 1 is 1.30 bits per heavy atom. The number of carbonyl (C=O) groups excluding carboxylic acids is 1. The lowest BCUT2D eigenvalue weighted by molar-refractivity contribution is -0.134. The molecule has 0 atom stereocenters. The first-order chi connectivity index (χ1) is 9.27. The first-order valence-electron chi connectivity index (χ1n) is 6.46. The lowest BCUT2D eigenvalue weighted by Gasteiger charge is -2.32. The molecule has 0 spiro atoms. The highest BCUT2D eigenvalue weighted by Crippen LogP contribution is 2.37. The molecule has 2 heterocycles. The van der Waals surface area contributed by atoms with E-state index < -0.39 is 7.12 Å². The van der Waals surface area contributed by atoms with Gasteiger partial charge in [-0.05, 0) is 39.2 Å². The summed E-state index contributed by atoms with van der Waals surface area (Å²) in [5.41, 5.74) is 0.195. The van der Waals surface area contributed by atoms with Crippen LogP contribution in [0.15, 0.2) is 17.5 Å². The molecule has 0 amide bonds. The zero-order chi connectivity index (χ0) is 15.0. The zero-order valence-corrected chi connectivity index (χ0v) is 13.2. The molecule has 1 aliphatic heterocycles. The molecule has 0 N–H and O–H groups in total. The van der Waals surface area contributed by atoms with Crippen molar-refractivity contribution in [3.05, 3.63) is 22.4 Å². The number of rotatable bonds is 3. The van der Waals surface area contributed by atoms with E-state index in [1.54, 1.807) is 6.08 Å². The topological polar surface area (TPSA) is 44.8 Å². The average Bonchev–Trinajstić information content (AvgIpc) is 2.89. The zero-order valence-electron chi connectivity index (χ0n) is 12.4. The molecule has 1 fully saturated rings. The Bertz CT molecular complexity index is 517. The lowest BCUT2D eigenvalue weighted by atomic mass is 9.79. The molecule has 1 aromatic rings. The van der Waals surface area contributed by atoms with Crippen molar-refractivity contribution >= 4 is 36.0 Å². The molecule has 4 nitrogen and oxygen atoms in total. The summed E-state index contributed by atoms with van der Waals surface area (Å²) in [6, 6.07) is 1.96. The summed E-state index contributed by atoms with van der Waals surface area (Å²) >= 11 is 1.53. The Labute approximate surface area is 123 Å². The fourth-order valence-electron chi connectivity index (χ4n) is 1.84. The molecule has 1 aliphatic rings. The van der Waals surface area contributed by atoms with E-state index in [9.17, 15) is 4.79 Å². The van der Waals surface area contributed by atoms with E-state index in [1.165, 1.54) is 24.5 Å². The van der Waals surface area contributed by atoms with E-state index >= 15 is 0 Å². The molecule has 6 heteroatoms. The minimum atomic E-state index is -0.413. The molecule has 0 aromatic carbocycles. The smallest absolute Gasteiger partial charge is 0.466 e. The highest BCUT2D eigenvalue weighted by Gasteiger charge is 2.52. The van der Waals surface area contributed by atoms with Gasteiger partial charge >= 0.3 is 13.1 Å². The van der Waals surface area contributed by atoms with Gasteiger partial charge in [-0.1, -0.05) is 6.07 Å². The first kappa shape index (κ1) is 15.3. The molecule has 0 aliphatic carbocycles. The van der Waals surface area contributed by atoms with E-state index in [1.807, 2.05) is 39.1 Å². The summed E-state index contributed by atoms with van der Waals surface area (Å²) in [7, 11) is 0.944. The van der Waals surface area contributed by atoms with Crippen LogP contribution in [0.1, 0.15) is 32.6 Å². The van der Waals surface area contributed by atoms with Gasteiger partial charge < -0.3 is 14.0 Å². The maximum atomic E-state index is 11.2. The molecular formula is C14H19BO4S. The van der Waals surface area contributed by atoms with Crippen LogP contribution in [0.5, 0.6) is 0 Å². The van der Waals surface area contributed by atoms with E-state index in [0.29, 0.717) is 0 Å². The van der Waals surface area contributed by atoms with Crippen molar-refractivity contribution in [2.45, 2.75) is 38.9 Å². The van der Waals surface area contributed by atoms with E-state index in [-0.39, 0.29) is 17.2 Å². The molecule has 0 unspecified atom stereocenters. The van der Waals surface area contributed by atoms with Gasteiger partial charge in [-0.3, -0.25) is 0 Å². The third-order valence-electron chi connectivity index (χ3n) is 3.81. The van der Waals surface area contributed by atoms with E-state index in [4.69, 9.17) is 9.31 Å². The van der Waals surface area contributed by atoms with Gasteiger partial charge in [0, 0.05) is 16.4 Å². The standard InChI is InChI=1S/C14H19BO4S/c1-13(2)14(3,4)19-15(18-13)10-8-9-20-11(10)6-7-12(16)17-5/h6-9H,1-5H3/b7-6+. The molecule has 2 rings (SSSR count). The predicted octanol–water partition coefficient (Wildman–Crippen LogP) is 2.23. The third kappa shape index (κ3) is 2.82. The average molecular weight is 294 g/mol. The lowest BCUT2D eigenvalue weighted by Crippen LogP contribution is -2.41. The van der Waals surface area contributed by atoms with Gasteiger partial charge in [0.15, 0.2) is 0 Å². The molecule has 1 saturated heterocycles. The van der Waals surface area contributed by atoms with Crippen LogP contribution in [0.3, 0.4) is 0 Å². The Balaban J connectivity index is 2.22. The molecule has 0 bridgehead atoms. The second-order valence-electron chi connectivity index (χ2n) is 5.68. The summed E-state index contributed by atoms with van der Waals surface area (Å²) < 4.78 is 16.6. The van der Waals surface area contributed by atoms with Gasteiger partial charge in [0.1, 0.15) is 0 Å². The van der Waals surface area contributed by atoms with Gasteiger partial charge in [0.2, 0.25) is 0 Å². The highest BCUT2D eigenvalue weighted by atomic mass is 32.1. The number of hydrogen-bond donors (Lipinski definition) is 0. The minimum absolute atomic E-state index is 0.372. The van der Waals surface area contributed by atoms with Crippen molar-refractivity contribution in [2.24, 2.45) is 0 Å². The summed E-state index contributed by atoms with van der Waals surface area (Å²) in [5.74, 6) is -0.377. The number of thiophene rings is 1. The van der Waals surface area contributed by atoms with Crippen molar-refractivity contribution in [2.75, 3.05) is 7.11 Å². The largest absolute Gasteiger partial charge is 0.496 e. The number of esters is 1. The van der Waals surface area contributed by atoms with Crippen molar-refractivity contribution in [1.29, 1.82) is 0 Å². The molecule has 0 radical (unpaired) electrons. The van der Waals surface area contributed by atoms with Crippen LogP contribution >= 0.6 is 11.3 Å². The Morgan fingerprint density at radius 2 is 1.90 bits per heavy atom. The van der Waals surface area contributed by atoms with Crippen LogP contribution in [0.4, 0.5) is 0 Å². The predicted molar refractivity (Wildman–Crippen MR) is 81.1 cm³/mol. The van der Waals surface area contributed by atoms with Crippen LogP contribution in [-0.2, 0) is 18.8 Å². The number of ether oxygens (including phenoxy) is 1. The fourth-order valence-corrected chi connectivity index (χ4v) is 2.65. The summed E-state index contributed by atoms with van der Waals surface area (Å²) in [6.45, 7) is 8.07. The second-order valence-corrected chi connectivity index (χ2v) is 6.63. The number of carbonyl (C=O) groups is 1. The normalized spacial score (nSPS) is 20.6. The minimum Gasteiger partial charge on any atom is -0.466 e. The van der Waals surface area contributed by atoms with Crippen molar-refractivity contribution in [3.8, 4) is 0 Å². The molecule has 20 heavy (non-hydrogen) atoms. The number of methoxy groups -OCH3 is 1. The van der Waals surface area contributed by atoms with Crippen LogP contribution in [0.2, 0.25) is 0 Å². The van der Waals surface area contributed by atoms with Gasteiger partial charge in [0.05, 0.1) is 18.3 Å². The van der Waals surface area contributed by atoms with Crippen LogP contribution in [0, 0.1) is 0 Å². The highest BCUT2D eigenvalue weighted by molar-refractivity contribution is 7.12. The maximum Gasteiger partial charge on any atom is 0.496 e. The molecule has 1 aromatic heterocycles. The maximum absolute atomic E-state index is 11.2. The second kappa shape index (κ2) is 5.35. The van der Waals surface area contributed by atoms with Crippen LogP contribution < -0.4 is 5.46 Å². The molecular weight excluding hydrogens is 275 g/mol. The van der Waals surface area contributed by atoms with Gasteiger partial charge in [0.25, 0.3) is 0 Å².